The molecule has 1 aliphatic heterocycles. The minimum absolute atomic E-state index is 0.0702. The second kappa shape index (κ2) is 4.61. The molecule has 1 aliphatic rings. The molecule has 1 heterocycles. The van der Waals surface area contributed by atoms with Gasteiger partial charge in [-0.3, -0.25) is 24.2 Å². The highest BCUT2D eigenvalue weighted by Gasteiger charge is 2.41. The van der Waals surface area contributed by atoms with Crippen LogP contribution in [-0.4, -0.2) is 58.4 Å². The molecule has 2 amide bonds. The zero-order valence-corrected chi connectivity index (χ0v) is 9.64. The van der Waals surface area contributed by atoms with Crippen LogP contribution in [0.1, 0.15) is 20.3 Å². The maximum absolute atomic E-state index is 11.7. The largest absolute Gasteiger partial charge is 0.480 e. The fraction of sp³-hybridized carbons (Fsp3) is 0.700. The number of likely N-dealkylation sites (N-methyl/N-ethyl adjacent to an activating group) is 1. The monoisotopic (exact) mass is 228 g/mol. The van der Waals surface area contributed by atoms with Crippen molar-refractivity contribution in [2.24, 2.45) is 0 Å². The zero-order valence-electron chi connectivity index (χ0n) is 9.64. The summed E-state index contributed by atoms with van der Waals surface area (Å²) in [7, 11) is 1.42. The van der Waals surface area contributed by atoms with Crippen molar-refractivity contribution in [2.75, 3.05) is 13.6 Å². The Morgan fingerprint density at radius 1 is 1.56 bits per heavy atom. The smallest absolute Gasteiger partial charge is 0.317 e. The molecule has 0 radical (unpaired) electrons. The van der Waals surface area contributed by atoms with E-state index in [-0.39, 0.29) is 30.8 Å². The number of likely N-dealkylation sites (tertiary alicyclic amines) is 1. The van der Waals surface area contributed by atoms with Crippen LogP contribution in [-0.2, 0) is 14.4 Å². The molecule has 90 valence electrons. The first kappa shape index (κ1) is 12.6. The molecule has 0 saturated carbocycles. The molecule has 6 nitrogen and oxygen atoms in total. The van der Waals surface area contributed by atoms with Crippen LogP contribution in [0.3, 0.4) is 0 Å². The second-order valence-electron chi connectivity index (χ2n) is 4.17. The summed E-state index contributed by atoms with van der Waals surface area (Å²) in [6, 6.07) is -0.724. The van der Waals surface area contributed by atoms with Crippen LogP contribution < -0.4 is 0 Å². The molecule has 0 aromatic rings. The van der Waals surface area contributed by atoms with Crippen LogP contribution in [0, 0.1) is 0 Å². The molecule has 0 aromatic heterocycles. The molecular weight excluding hydrogens is 212 g/mol. The molecule has 1 unspecified atom stereocenters. The van der Waals surface area contributed by atoms with Gasteiger partial charge in [-0.25, -0.2) is 0 Å². The molecule has 0 spiro atoms. The van der Waals surface area contributed by atoms with E-state index in [2.05, 4.69) is 0 Å². The number of nitrogens with zero attached hydrogens (tertiary/aromatic N) is 2. The van der Waals surface area contributed by atoms with E-state index < -0.39 is 12.0 Å². The van der Waals surface area contributed by atoms with Gasteiger partial charge in [0.05, 0.1) is 19.0 Å². The van der Waals surface area contributed by atoms with Crippen molar-refractivity contribution >= 4 is 17.8 Å². The molecule has 1 fully saturated rings. The van der Waals surface area contributed by atoms with Gasteiger partial charge in [0.1, 0.15) is 0 Å². The summed E-state index contributed by atoms with van der Waals surface area (Å²) in [6.07, 6.45) is 0.0702. The summed E-state index contributed by atoms with van der Waals surface area (Å²) >= 11 is 0. The Morgan fingerprint density at radius 3 is 2.44 bits per heavy atom. The Labute approximate surface area is 93.8 Å². The zero-order chi connectivity index (χ0) is 12.5. The first-order valence-electron chi connectivity index (χ1n) is 5.12. The fourth-order valence-electron chi connectivity index (χ4n) is 1.80. The van der Waals surface area contributed by atoms with Crippen molar-refractivity contribution in [1.29, 1.82) is 0 Å². The van der Waals surface area contributed by atoms with Crippen molar-refractivity contribution in [1.82, 2.24) is 9.80 Å². The maximum Gasteiger partial charge on any atom is 0.317 e. The van der Waals surface area contributed by atoms with Crippen LogP contribution in [0.25, 0.3) is 0 Å². The number of hydrogen-bond acceptors (Lipinski definition) is 4. The van der Waals surface area contributed by atoms with E-state index >= 15 is 0 Å². The molecule has 1 saturated heterocycles. The Kier molecular flexibility index (Phi) is 3.64. The third-order valence-corrected chi connectivity index (χ3v) is 2.74. The first-order valence-corrected chi connectivity index (χ1v) is 5.12. The predicted molar refractivity (Wildman–Crippen MR) is 55.7 cm³/mol. The summed E-state index contributed by atoms with van der Waals surface area (Å²) in [5.74, 6) is -1.57. The minimum atomic E-state index is -0.997. The number of hydrogen-bond donors (Lipinski definition) is 1. The lowest BCUT2D eigenvalue weighted by Gasteiger charge is -2.28. The van der Waals surface area contributed by atoms with Crippen molar-refractivity contribution < 1.29 is 19.5 Å². The number of rotatable bonds is 4. The van der Waals surface area contributed by atoms with E-state index in [9.17, 15) is 14.4 Å². The molecule has 0 aromatic carbocycles. The molecule has 0 aliphatic carbocycles. The van der Waals surface area contributed by atoms with Gasteiger partial charge < -0.3 is 5.11 Å². The van der Waals surface area contributed by atoms with Gasteiger partial charge in [0.25, 0.3) is 0 Å². The van der Waals surface area contributed by atoms with Crippen LogP contribution in [0.2, 0.25) is 0 Å². The topological polar surface area (TPSA) is 77.9 Å². The molecule has 1 N–H and O–H groups in total. The lowest BCUT2D eigenvalue weighted by molar-refractivity contribution is -0.141. The summed E-state index contributed by atoms with van der Waals surface area (Å²) < 4.78 is 0. The fourth-order valence-corrected chi connectivity index (χ4v) is 1.80. The lowest BCUT2D eigenvalue weighted by Crippen LogP contribution is -2.47. The van der Waals surface area contributed by atoms with Crippen molar-refractivity contribution in [2.45, 2.75) is 32.4 Å². The van der Waals surface area contributed by atoms with E-state index in [0.717, 1.165) is 4.90 Å². The Morgan fingerprint density at radius 2 is 2.12 bits per heavy atom. The van der Waals surface area contributed by atoms with Crippen molar-refractivity contribution in [3.63, 3.8) is 0 Å². The van der Waals surface area contributed by atoms with E-state index in [1.54, 1.807) is 13.8 Å². The Hall–Kier alpha value is -1.43. The number of aliphatic carboxylic acids is 1. The van der Waals surface area contributed by atoms with Crippen molar-refractivity contribution in [3.05, 3.63) is 0 Å². The van der Waals surface area contributed by atoms with Crippen LogP contribution >= 0.6 is 0 Å². The summed E-state index contributed by atoms with van der Waals surface area (Å²) in [5, 5.41) is 8.76. The summed E-state index contributed by atoms with van der Waals surface area (Å²) in [4.78, 5) is 36.3. The van der Waals surface area contributed by atoms with E-state index in [1.165, 1.54) is 11.9 Å². The molecule has 1 rings (SSSR count). The molecule has 1 atom stereocenters. The number of carbonyl (C=O) groups is 3. The number of carboxylic acids is 1. The highest BCUT2D eigenvalue weighted by molar-refractivity contribution is 6.05. The van der Waals surface area contributed by atoms with E-state index in [1.807, 2.05) is 0 Å². The summed E-state index contributed by atoms with van der Waals surface area (Å²) in [5.41, 5.74) is 0. The highest BCUT2D eigenvalue weighted by atomic mass is 16.4. The van der Waals surface area contributed by atoms with E-state index in [4.69, 9.17) is 5.11 Å². The SMILES string of the molecule is CC(C)N(CC(=O)O)C1CC(=O)N(C)C1=O. The molecule has 16 heavy (non-hydrogen) atoms. The Balaban J connectivity index is 2.84. The molecule has 0 bridgehead atoms. The minimum Gasteiger partial charge on any atom is -0.480 e. The van der Waals surface area contributed by atoms with Gasteiger partial charge in [0.2, 0.25) is 11.8 Å². The normalized spacial score (nSPS) is 21.3. The number of imide groups is 1. The Bertz CT molecular complexity index is 327. The van der Waals surface area contributed by atoms with Gasteiger partial charge in [-0.15, -0.1) is 0 Å². The van der Waals surface area contributed by atoms with Crippen molar-refractivity contribution in [3.8, 4) is 0 Å². The quantitative estimate of drug-likeness (QED) is 0.659. The number of carboxylic acid groups (broad SMARTS) is 1. The first-order chi connectivity index (χ1) is 7.34. The maximum atomic E-state index is 11.7. The van der Waals surface area contributed by atoms with Gasteiger partial charge >= 0.3 is 5.97 Å². The number of amides is 2. The average Bonchev–Trinajstić information content (AvgIpc) is 2.42. The van der Waals surface area contributed by atoms with Crippen LogP contribution in [0.15, 0.2) is 0 Å². The third-order valence-electron chi connectivity index (χ3n) is 2.74. The predicted octanol–water partition coefficient (Wildman–Crippen LogP) is -0.461. The average molecular weight is 228 g/mol. The van der Waals surface area contributed by atoms with Gasteiger partial charge in [0, 0.05) is 13.1 Å². The van der Waals surface area contributed by atoms with Gasteiger partial charge in [-0.05, 0) is 13.8 Å². The van der Waals surface area contributed by atoms with Crippen LogP contribution in [0.4, 0.5) is 0 Å². The van der Waals surface area contributed by atoms with Gasteiger partial charge in [-0.2, -0.15) is 0 Å². The lowest BCUT2D eigenvalue weighted by atomic mass is 10.1. The highest BCUT2D eigenvalue weighted by Crippen LogP contribution is 2.19. The molecule has 6 heteroatoms. The third kappa shape index (κ3) is 2.38. The van der Waals surface area contributed by atoms with Gasteiger partial charge in [0.15, 0.2) is 0 Å². The van der Waals surface area contributed by atoms with E-state index in [0.29, 0.717) is 0 Å². The second-order valence-corrected chi connectivity index (χ2v) is 4.17. The number of carbonyl (C=O) groups excluding carboxylic acids is 2. The van der Waals surface area contributed by atoms with Crippen LogP contribution in [0.5, 0.6) is 0 Å². The summed E-state index contributed by atoms with van der Waals surface area (Å²) in [6.45, 7) is 3.38. The standard InChI is InChI=1S/C10H16N2O4/c1-6(2)12(5-9(14)15)7-4-8(13)11(3)10(7)16/h6-7H,4-5H2,1-3H3,(H,14,15). The molecular formula is C10H16N2O4. The van der Waals surface area contributed by atoms with Gasteiger partial charge in [-0.1, -0.05) is 0 Å².